The van der Waals surface area contributed by atoms with Gasteiger partial charge in [0.25, 0.3) is 0 Å². The van der Waals surface area contributed by atoms with E-state index < -0.39 is 0 Å². The minimum Gasteiger partial charge on any atom is -0.367 e. The molecule has 0 radical (unpaired) electrons. The van der Waals surface area contributed by atoms with Crippen molar-refractivity contribution >= 4 is 21.7 Å². The summed E-state index contributed by atoms with van der Waals surface area (Å²) in [5, 5.41) is 3.55. The van der Waals surface area contributed by atoms with Gasteiger partial charge in [0.1, 0.15) is 16.2 Å². The van der Waals surface area contributed by atoms with Crippen molar-refractivity contribution in [3.8, 4) is 0 Å². The van der Waals surface area contributed by atoms with Crippen LogP contribution in [0, 0.1) is 0 Å². The first-order valence-corrected chi connectivity index (χ1v) is 7.78. The predicted molar refractivity (Wildman–Crippen MR) is 81.0 cm³/mol. The summed E-state index contributed by atoms with van der Waals surface area (Å²) in [4.78, 5) is 8.86. The van der Waals surface area contributed by atoms with Gasteiger partial charge in [-0.15, -0.1) is 0 Å². The second kappa shape index (κ2) is 8.46. The highest BCUT2D eigenvalue weighted by atomic mass is 79.9. The molecule has 0 fully saturated rings. The summed E-state index contributed by atoms with van der Waals surface area (Å²) in [7, 11) is 0. The summed E-state index contributed by atoms with van der Waals surface area (Å²) in [6.45, 7) is 6.54. The lowest BCUT2D eigenvalue weighted by Gasteiger charge is -2.18. The van der Waals surface area contributed by atoms with Crippen molar-refractivity contribution in [2.45, 2.75) is 65.3 Å². The number of halogens is 1. The molecule has 0 aliphatic heterocycles. The normalized spacial score (nSPS) is 12.4. The monoisotopic (exact) mass is 313 g/mol. The van der Waals surface area contributed by atoms with Crippen LogP contribution in [0.3, 0.4) is 0 Å². The van der Waals surface area contributed by atoms with Gasteiger partial charge in [-0.25, -0.2) is 9.97 Å². The Kier molecular flexibility index (Phi) is 7.25. The second-order valence-corrected chi connectivity index (χ2v) is 5.43. The zero-order chi connectivity index (χ0) is 13.4. The molecule has 0 saturated heterocycles. The van der Waals surface area contributed by atoms with Crippen LogP contribution in [-0.4, -0.2) is 16.0 Å². The third-order valence-electron chi connectivity index (χ3n) is 2.95. The van der Waals surface area contributed by atoms with Gasteiger partial charge in [0.05, 0.1) is 0 Å². The Morgan fingerprint density at radius 3 is 2.56 bits per heavy atom. The molecule has 1 rings (SSSR count). The molecule has 0 amide bonds. The van der Waals surface area contributed by atoms with E-state index in [0.717, 1.165) is 22.7 Å². The van der Waals surface area contributed by atoms with E-state index >= 15 is 0 Å². The van der Waals surface area contributed by atoms with Crippen molar-refractivity contribution < 1.29 is 0 Å². The van der Waals surface area contributed by atoms with Crippen LogP contribution in [0.4, 0.5) is 5.82 Å². The van der Waals surface area contributed by atoms with Gasteiger partial charge in [-0.1, -0.05) is 40.0 Å². The van der Waals surface area contributed by atoms with Crippen LogP contribution in [0.15, 0.2) is 10.7 Å². The van der Waals surface area contributed by atoms with Gasteiger partial charge in [0.2, 0.25) is 0 Å². The number of hydrogen-bond acceptors (Lipinski definition) is 3. The average Bonchev–Trinajstić information content (AvgIpc) is 2.35. The molecule has 0 aromatic carbocycles. The molecule has 0 saturated carbocycles. The largest absolute Gasteiger partial charge is 0.367 e. The molecule has 1 atom stereocenters. The Labute approximate surface area is 119 Å². The molecule has 0 spiro atoms. The van der Waals surface area contributed by atoms with Gasteiger partial charge in [-0.2, -0.15) is 0 Å². The highest BCUT2D eigenvalue weighted by Crippen LogP contribution is 2.17. The van der Waals surface area contributed by atoms with E-state index in [2.05, 4.69) is 52.0 Å². The summed E-state index contributed by atoms with van der Waals surface area (Å²) in [5.74, 6) is 1.83. The maximum Gasteiger partial charge on any atom is 0.131 e. The molecule has 102 valence electrons. The quantitative estimate of drug-likeness (QED) is 0.714. The fourth-order valence-electron chi connectivity index (χ4n) is 1.99. The number of rotatable bonds is 8. The first-order valence-electron chi connectivity index (χ1n) is 6.99. The lowest BCUT2D eigenvalue weighted by Crippen LogP contribution is -2.20. The van der Waals surface area contributed by atoms with Gasteiger partial charge in [-0.3, -0.25) is 0 Å². The van der Waals surface area contributed by atoms with Crippen LogP contribution in [0.5, 0.6) is 0 Å². The van der Waals surface area contributed by atoms with Crippen molar-refractivity contribution in [1.29, 1.82) is 0 Å². The van der Waals surface area contributed by atoms with E-state index in [1.165, 1.54) is 32.1 Å². The fraction of sp³-hybridized carbons (Fsp3) is 0.714. The molecule has 1 unspecified atom stereocenters. The Bertz CT molecular complexity index is 355. The molecule has 0 aliphatic rings. The summed E-state index contributed by atoms with van der Waals surface area (Å²) < 4.78 is 0.864. The van der Waals surface area contributed by atoms with Crippen LogP contribution in [0.25, 0.3) is 0 Å². The molecule has 1 aromatic rings. The highest BCUT2D eigenvalue weighted by Gasteiger charge is 2.09. The van der Waals surface area contributed by atoms with Crippen LogP contribution in [0.2, 0.25) is 0 Å². The van der Waals surface area contributed by atoms with Crippen molar-refractivity contribution in [3.05, 3.63) is 16.5 Å². The van der Waals surface area contributed by atoms with E-state index in [4.69, 9.17) is 0 Å². The van der Waals surface area contributed by atoms with Crippen molar-refractivity contribution in [3.63, 3.8) is 0 Å². The predicted octanol–water partition coefficient (Wildman–Crippen LogP) is 4.57. The number of nitrogens with one attached hydrogen (secondary N) is 1. The maximum atomic E-state index is 4.53. The lowest BCUT2D eigenvalue weighted by molar-refractivity contribution is 0.562. The van der Waals surface area contributed by atoms with Gasteiger partial charge in [-0.05, 0) is 28.8 Å². The Hall–Kier alpha value is -0.640. The minimum absolute atomic E-state index is 0.529. The third kappa shape index (κ3) is 5.34. The number of aromatic nitrogens is 2. The van der Waals surface area contributed by atoms with Crippen molar-refractivity contribution in [1.82, 2.24) is 9.97 Å². The Morgan fingerprint density at radius 1 is 1.17 bits per heavy atom. The summed E-state index contributed by atoms with van der Waals surface area (Å²) in [5.41, 5.74) is 0. The smallest absolute Gasteiger partial charge is 0.131 e. The Balaban J connectivity index is 2.69. The van der Waals surface area contributed by atoms with Crippen molar-refractivity contribution in [2.75, 3.05) is 5.32 Å². The standard InChI is InChI=1S/C14H24BrN3/c1-4-7-9-11(8-5-2)16-14-10-12(15)17-13(6-3)18-14/h10-11H,4-9H2,1-3H3,(H,16,17,18). The van der Waals surface area contributed by atoms with E-state index in [0.29, 0.717) is 6.04 Å². The highest BCUT2D eigenvalue weighted by molar-refractivity contribution is 9.10. The van der Waals surface area contributed by atoms with Gasteiger partial charge < -0.3 is 5.32 Å². The van der Waals surface area contributed by atoms with E-state index in [1.807, 2.05) is 6.07 Å². The summed E-state index contributed by atoms with van der Waals surface area (Å²) >= 11 is 3.44. The molecule has 18 heavy (non-hydrogen) atoms. The average molecular weight is 314 g/mol. The minimum atomic E-state index is 0.529. The van der Waals surface area contributed by atoms with Gasteiger partial charge in [0.15, 0.2) is 0 Å². The zero-order valence-corrected chi connectivity index (χ0v) is 13.3. The van der Waals surface area contributed by atoms with Gasteiger partial charge in [0, 0.05) is 18.5 Å². The SMILES string of the molecule is CCCCC(CCC)Nc1cc(Br)nc(CC)n1. The summed E-state index contributed by atoms with van der Waals surface area (Å²) in [6.07, 6.45) is 6.99. The van der Waals surface area contributed by atoms with Crippen LogP contribution >= 0.6 is 15.9 Å². The third-order valence-corrected chi connectivity index (χ3v) is 3.36. The number of anilines is 1. The molecule has 1 N–H and O–H groups in total. The van der Waals surface area contributed by atoms with Crippen LogP contribution < -0.4 is 5.32 Å². The second-order valence-electron chi connectivity index (χ2n) is 4.62. The van der Waals surface area contributed by atoms with Gasteiger partial charge >= 0.3 is 0 Å². The lowest BCUT2D eigenvalue weighted by atomic mass is 10.1. The number of unbranched alkanes of at least 4 members (excludes halogenated alkanes) is 1. The first-order chi connectivity index (χ1) is 8.69. The number of aryl methyl sites for hydroxylation is 1. The molecule has 0 bridgehead atoms. The van der Waals surface area contributed by atoms with Crippen LogP contribution in [0.1, 0.15) is 58.7 Å². The fourth-order valence-corrected chi connectivity index (χ4v) is 2.42. The molecule has 0 aliphatic carbocycles. The molecule has 3 nitrogen and oxygen atoms in total. The zero-order valence-electron chi connectivity index (χ0n) is 11.7. The maximum absolute atomic E-state index is 4.53. The molecule has 1 heterocycles. The Morgan fingerprint density at radius 2 is 1.94 bits per heavy atom. The number of hydrogen-bond donors (Lipinski definition) is 1. The van der Waals surface area contributed by atoms with E-state index in [1.54, 1.807) is 0 Å². The topological polar surface area (TPSA) is 37.8 Å². The molecular weight excluding hydrogens is 290 g/mol. The molecule has 4 heteroatoms. The van der Waals surface area contributed by atoms with E-state index in [9.17, 15) is 0 Å². The number of nitrogens with zero attached hydrogens (tertiary/aromatic N) is 2. The first kappa shape index (κ1) is 15.4. The van der Waals surface area contributed by atoms with E-state index in [-0.39, 0.29) is 0 Å². The molecular formula is C14H24BrN3. The molecule has 1 aromatic heterocycles. The summed E-state index contributed by atoms with van der Waals surface area (Å²) in [6, 6.07) is 2.50. The van der Waals surface area contributed by atoms with Crippen LogP contribution in [-0.2, 0) is 6.42 Å². The van der Waals surface area contributed by atoms with Crippen molar-refractivity contribution in [2.24, 2.45) is 0 Å².